The fourth-order valence-electron chi connectivity index (χ4n) is 2.89. The van der Waals surface area contributed by atoms with Crippen LogP contribution in [0.5, 0.6) is 5.75 Å². The summed E-state index contributed by atoms with van der Waals surface area (Å²) in [6.07, 6.45) is 0.997. The van der Waals surface area contributed by atoms with E-state index in [4.69, 9.17) is 16.3 Å². The molecule has 0 bridgehead atoms. The molecule has 0 aliphatic carbocycles. The Kier molecular flexibility index (Phi) is 5.13. The van der Waals surface area contributed by atoms with E-state index in [1.54, 1.807) is 13.2 Å². The van der Waals surface area contributed by atoms with Gasteiger partial charge in [-0.25, -0.2) is 4.21 Å². The summed E-state index contributed by atoms with van der Waals surface area (Å²) < 4.78 is 18.3. The van der Waals surface area contributed by atoms with Crippen LogP contribution in [0.4, 0.5) is 11.4 Å². The van der Waals surface area contributed by atoms with E-state index in [0.717, 1.165) is 40.7 Å². The van der Waals surface area contributed by atoms with Crippen LogP contribution in [0.1, 0.15) is 6.42 Å². The first kappa shape index (κ1) is 17.3. The Bertz CT molecular complexity index is 780. The second kappa shape index (κ2) is 7.13. The second-order valence-corrected chi connectivity index (χ2v) is 7.88. The molecule has 0 N–H and O–H groups in total. The van der Waals surface area contributed by atoms with Crippen molar-refractivity contribution in [1.82, 2.24) is 4.90 Å². The molecular weight excluding hydrogens is 344 g/mol. The summed E-state index contributed by atoms with van der Waals surface area (Å²) in [6.45, 7) is 1.82. The highest BCUT2D eigenvalue weighted by Gasteiger charge is 2.28. The zero-order valence-corrected chi connectivity index (χ0v) is 15.7. The van der Waals surface area contributed by atoms with Crippen LogP contribution in [0.25, 0.3) is 0 Å². The zero-order chi connectivity index (χ0) is 17.3. The van der Waals surface area contributed by atoms with Gasteiger partial charge >= 0.3 is 0 Å². The number of nitrogens with zero attached hydrogens (tertiary/aromatic N) is 2. The Morgan fingerprint density at radius 1 is 1.12 bits per heavy atom. The first-order chi connectivity index (χ1) is 11.5. The Morgan fingerprint density at radius 3 is 2.62 bits per heavy atom. The molecule has 1 aliphatic heterocycles. The summed E-state index contributed by atoms with van der Waals surface area (Å²) in [5, 5.41) is 0.653. The van der Waals surface area contributed by atoms with E-state index in [-0.39, 0.29) is 0 Å². The van der Waals surface area contributed by atoms with Gasteiger partial charge in [0.2, 0.25) is 0 Å². The molecule has 0 saturated carbocycles. The van der Waals surface area contributed by atoms with E-state index in [2.05, 4.69) is 23.9 Å². The molecule has 0 fully saturated rings. The van der Waals surface area contributed by atoms with E-state index in [9.17, 15) is 4.21 Å². The van der Waals surface area contributed by atoms with E-state index in [1.165, 1.54) is 0 Å². The molecule has 0 saturated heterocycles. The minimum Gasteiger partial charge on any atom is -0.497 e. The number of benzene rings is 2. The van der Waals surface area contributed by atoms with Crippen molar-refractivity contribution in [2.24, 2.45) is 0 Å². The van der Waals surface area contributed by atoms with Crippen molar-refractivity contribution >= 4 is 33.8 Å². The van der Waals surface area contributed by atoms with Crippen molar-refractivity contribution in [3.63, 3.8) is 0 Å². The molecule has 0 radical (unpaired) electrons. The maximum absolute atomic E-state index is 13.0. The number of fused-ring (bicyclic) bond motifs is 2. The molecule has 0 aromatic heterocycles. The molecule has 1 unspecified atom stereocenters. The average Bonchev–Trinajstić information content (AvgIpc) is 2.57. The highest BCUT2D eigenvalue weighted by atomic mass is 35.5. The smallest absolute Gasteiger partial charge is 0.120 e. The number of hydrogen-bond acceptors (Lipinski definition) is 4. The lowest BCUT2D eigenvalue weighted by atomic mass is 10.2. The Hall–Kier alpha value is -1.56. The first-order valence-electron chi connectivity index (χ1n) is 7.83. The number of hydrogen-bond donors (Lipinski definition) is 0. The Labute approximate surface area is 150 Å². The number of rotatable bonds is 5. The van der Waals surface area contributed by atoms with Crippen LogP contribution < -0.4 is 9.64 Å². The third kappa shape index (κ3) is 3.29. The molecule has 128 valence electrons. The van der Waals surface area contributed by atoms with Crippen LogP contribution in [0.15, 0.2) is 46.2 Å². The van der Waals surface area contributed by atoms with Crippen LogP contribution >= 0.6 is 11.6 Å². The summed E-state index contributed by atoms with van der Waals surface area (Å²) in [4.78, 5) is 5.95. The largest absolute Gasteiger partial charge is 0.497 e. The lowest BCUT2D eigenvalue weighted by molar-refractivity contribution is 0.402. The van der Waals surface area contributed by atoms with Crippen LogP contribution in [0, 0.1) is 0 Å². The maximum Gasteiger partial charge on any atom is 0.120 e. The summed E-state index contributed by atoms with van der Waals surface area (Å²) in [5.41, 5.74) is 1.89. The van der Waals surface area contributed by atoms with Gasteiger partial charge in [-0.1, -0.05) is 11.6 Å². The zero-order valence-electron chi connectivity index (χ0n) is 14.1. The van der Waals surface area contributed by atoms with Gasteiger partial charge in [0.15, 0.2) is 0 Å². The predicted octanol–water partition coefficient (Wildman–Crippen LogP) is 3.92. The van der Waals surface area contributed by atoms with E-state index in [1.807, 2.05) is 30.3 Å². The van der Waals surface area contributed by atoms with E-state index < -0.39 is 10.8 Å². The number of methoxy groups -OCH3 is 1. The summed E-state index contributed by atoms with van der Waals surface area (Å²) in [5.74, 6) is 0.716. The SMILES string of the molecule is COc1ccc2c(c1)S(=O)c1ccc(Cl)cc1N2CCCN(C)C. The highest BCUT2D eigenvalue weighted by molar-refractivity contribution is 7.85. The normalized spacial score (nSPS) is 16.0. The molecule has 1 heterocycles. The van der Waals surface area contributed by atoms with Crippen molar-refractivity contribution in [2.45, 2.75) is 16.2 Å². The molecule has 1 aliphatic rings. The molecule has 0 spiro atoms. The molecule has 2 aromatic carbocycles. The van der Waals surface area contributed by atoms with Crippen LogP contribution in [-0.4, -0.2) is 43.4 Å². The monoisotopic (exact) mass is 364 g/mol. The minimum atomic E-state index is -1.24. The molecule has 24 heavy (non-hydrogen) atoms. The van der Waals surface area contributed by atoms with Gasteiger partial charge in [-0.05, 0) is 63.5 Å². The van der Waals surface area contributed by atoms with Gasteiger partial charge < -0.3 is 14.5 Å². The number of anilines is 2. The van der Waals surface area contributed by atoms with E-state index >= 15 is 0 Å². The van der Waals surface area contributed by atoms with Crippen LogP contribution in [-0.2, 0) is 10.8 Å². The van der Waals surface area contributed by atoms with E-state index in [0.29, 0.717) is 10.8 Å². The van der Waals surface area contributed by atoms with Crippen molar-refractivity contribution in [3.05, 3.63) is 41.4 Å². The van der Waals surface area contributed by atoms with Gasteiger partial charge in [0, 0.05) is 11.6 Å². The third-order valence-electron chi connectivity index (χ3n) is 4.06. The lowest BCUT2D eigenvalue weighted by Gasteiger charge is -2.33. The quantitative estimate of drug-likeness (QED) is 0.805. The summed E-state index contributed by atoms with van der Waals surface area (Å²) in [7, 11) is 4.51. The van der Waals surface area contributed by atoms with Gasteiger partial charge in [-0.3, -0.25) is 0 Å². The minimum absolute atomic E-state index is 0.653. The first-order valence-corrected chi connectivity index (χ1v) is 9.35. The maximum atomic E-state index is 13.0. The number of halogens is 1. The summed E-state index contributed by atoms with van der Waals surface area (Å²) in [6, 6.07) is 11.3. The summed E-state index contributed by atoms with van der Waals surface area (Å²) >= 11 is 6.20. The van der Waals surface area contributed by atoms with Crippen molar-refractivity contribution in [3.8, 4) is 5.75 Å². The molecule has 0 amide bonds. The van der Waals surface area contributed by atoms with Gasteiger partial charge in [0.05, 0.1) is 39.1 Å². The third-order valence-corrected chi connectivity index (χ3v) is 5.76. The average molecular weight is 365 g/mol. The molecule has 3 rings (SSSR count). The molecule has 6 heteroatoms. The van der Waals surface area contributed by atoms with Gasteiger partial charge in [-0.15, -0.1) is 0 Å². The Balaban J connectivity index is 2.05. The molecular formula is C18H21ClN2O2S. The van der Waals surface area contributed by atoms with Crippen LogP contribution in [0.3, 0.4) is 0 Å². The Morgan fingerprint density at radius 2 is 1.92 bits per heavy atom. The van der Waals surface area contributed by atoms with Crippen molar-refractivity contribution in [1.29, 1.82) is 0 Å². The van der Waals surface area contributed by atoms with Crippen molar-refractivity contribution in [2.75, 3.05) is 39.2 Å². The fourth-order valence-corrected chi connectivity index (χ4v) is 4.43. The molecule has 2 aromatic rings. The van der Waals surface area contributed by atoms with Gasteiger partial charge in [-0.2, -0.15) is 0 Å². The molecule has 1 atom stereocenters. The second-order valence-electron chi connectivity index (χ2n) is 6.02. The predicted molar refractivity (Wildman–Crippen MR) is 99.3 cm³/mol. The van der Waals surface area contributed by atoms with Gasteiger partial charge in [0.25, 0.3) is 0 Å². The number of ether oxygens (including phenoxy) is 1. The lowest BCUT2D eigenvalue weighted by Crippen LogP contribution is -2.27. The fraction of sp³-hybridized carbons (Fsp3) is 0.333. The topological polar surface area (TPSA) is 32.8 Å². The molecule has 4 nitrogen and oxygen atoms in total. The standard InChI is InChI=1S/C18H21ClN2O2S/c1-20(2)9-4-10-21-15-7-6-14(23-3)12-18(15)24(22)17-8-5-13(19)11-16(17)21/h5-8,11-12H,4,9-10H2,1-3H3. The highest BCUT2D eigenvalue weighted by Crippen LogP contribution is 2.44. The van der Waals surface area contributed by atoms with Crippen LogP contribution in [0.2, 0.25) is 5.02 Å². The van der Waals surface area contributed by atoms with Gasteiger partial charge in [0.1, 0.15) is 5.75 Å². The van der Waals surface area contributed by atoms with Crippen molar-refractivity contribution < 1.29 is 8.95 Å².